The van der Waals surface area contributed by atoms with Gasteiger partial charge in [-0.05, 0) is 41.3 Å². The van der Waals surface area contributed by atoms with Crippen LogP contribution in [0.1, 0.15) is 22.8 Å². The summed E-state index contributed by atoms with van der Waals surface area (Å²) in [6.07, 6.45) is -5.57. The van der Waals surface area contributed by atoms with Crippen LogP contribution < -0.4 is 9.82 Å². The second-order valence-electron chi connectivity index (χ2n) is 8.53. The van der Waals surface area contributed by atoms with Crippen LogP contribution in [0.15, 0.2) is 42.5 Å². The highest BCUT2D eigenvalue weighted by atomic mass is 35.5. The van der Waals surface area contributed by atoms with Gasteiger partial charge in [0.1, 0.15) is 50.2 Å². The zero-order chi connectivity index (χ0) is 24.2. The number of aliphatic hydroxyl groups excluding tert-OH is 4. The molecule has 1 fully saturated rings. The molecule has 0 aromatic heterocycles. The van der Waals surface area contributed by atoms with Crippen molar-refractivity contribution in [3.63, 3.8) is 0 Å². The smallest absolute Gasteiger partial charge is 0.142 e. The number of hydrogen-bond acceptors (Lipinski definition) is 7. The summed E-state index contributed by atoms with van der Waals surface area (Å²) in [6.45, 7) is 3.74. The molecule has 2 aromatic rings. The van der Waals surface area contributed by atoms with E-state index >= 15 is 0 Å². The molecule has 182 valence electrons. The monoisotopic (exact) mass is 499 g/mol. The highest BCUT2D eigenvalue weighted by Crippen LogP contribution is 2.34. The number of nitrogens with one attached hydrogen (secondary N) is 1. The Kier molecular flexibility index (Phi) is 8.95. The molecule has 1 aliphatic rings. The molecule has 0 saturated carbocycles. The van der Waals surface area contributed by atoms with E-state index in [1.807, 2.05) is 24.3 Å². The molecule has 0 bridgehead atoms. The van der Waals surface area contributed by atoms with E-state index in [1.54, 1.807) is 31.5 Å². The standard InChI is InChI=1S/C23H31ClNO7P/c1-33(2,30)25-9-10-31-17-6-3-14(4-7-17)11-16-12-15(5-8-18(16)24)23-22(29)21(28)20(27)19(13-26)32-23/h3-8,12,19-23,26-29H,9-11,13H2,1-2H3,(H,25,30). The second-order valence-corrected chi connectivity index (χ2v) is 12.0. The maximum absolute atomic E-state index is 11.6. The Labute approximate surface area is 198 Å². The van der Waals surface area contributed by atoms with Crippen LogP contribution in [-0.4, -0.2) is 77.9 Å². The average molecular weight is 500 g/mol. The van der Waals surface area contributed by atoms with Crippen molar-refractivity contribution in [2.45, 2.75) is 36.9 Å². The highest BCUT2D eigenvalue weighted by molar-refractivity contribution is 7.60. The molecule has 2 aromatic carbocycles. The molecule has 5 unspecified atom stereocenters. The molecule has 0 spiro atoms. The van der Waals surface area contributed by atoms with Crippen molar-refractivity contribution >= 4 is 18.9 Å². The first kappa shape index (κ1) is 26.1. The Morgan fingerprint density at radius 1 is 1.06 bits per heavy atom. The van der Waals surface area contributed by atoms with E-state index in [4.69, 9.17) is 21.1 Å². The summed E-state index contributed by atoms with van der Waals surface area (Å²) in [5.74, 6) is 0.698. The maximum Gasteiger partial charge on any atom is 0.142 e. The van der Waals surface area contributed by atoms with Crippen LogP contribution in [0.2, 0.25) is 5.02 Å². The number of benzene rings is 2. The molecule has 1 aliphatic heterocycles. The third kappa shape index (κ3) is 7.01. The lowest BCUT2D eigenvalue weighted by Gasteiger charge is -2.40. The van der Waals surface area contributed by atoms with E-state index in [9.17, 15) is 25.0 Å². The lowest BCUT2D eigenvalue weighted by molar-refractivity contribution is -0.231. The van der Waals surface area contributed by atoms with E-state index in [0.717, 1.165) is 11.1 Å². The van der Waals surface area contributed by atoms with Crippen molar-refractivity contribution in [1.82, 2.24) is 5.09 Å². The fraction of sp³-hybridized carbons (Fsp3) is 0.478. The third-order valence-electron chi connectivity index (χ3n) is 5.47. The predicted molar refractivity (Wildman–Crippen MR) is 126 cm³/mol. The molecule has 3 rings (SSSR count). The van der Waals surface area contributed by atoms with Crippen LogP contribution in [-0.2, 0) is 15.7 Å². The van der Waals surface area contributed by atoms with E-state index in [0.29, 0.717) is 35.9 Å². The molecular formula is C23H31ClNO7P. The number of aliphatic hydroxyl groups is 4. The van der Waals surface area contributed by atoms with Gasteiger partial charge < -0.3 is 34.5 Å². The minimum atomic E-state index is -2.27. The van der Waals surface area contributed by atoms with Crippen LogP contribution in [0.3, 0.4) is 0 Å². The van der Waals surface area contributed by atoms with E-state index < -0.39 is 44.4 Å². The third-order valence-corrected chi connectivity index (χ3v) is 6.83. The normalized spacial score (nSPS) is 25.7. The molecule has 5 N–H and O–H groups in total. The van der Waals surface area contributed by atoms with Gasteiger partial charge in [0.25, 0.3) is 0 Å². The fourth-order valence-corrected chi connectivity index (χ4v) is 4.51. The lowest BCUT2D eigenvalue weighted by atomic mass is 9.90. The van der Waals surface area contributed by atoms with E-state index in [1.165, 1.54) is 0 Å². The van der Waals surface area contributed by atoms with E-state index in [-0.39, 0.29) is 0 Å². The second kappa shape index (κ2) is 11.3. The highest BCUT2D eigenvalue weighted by Gasteiger charge is 2.44. The predicted octanol–water partition coefficient (Wildman–Crippen LogP) is 1.95. The molecule has 1 saturated heterocycles. The zero-order valence-electron chi connectivity index (χ0n) is 18.6. The fourth-order valence-electron chi connectivity index (χ4n) is 3.69. The Morgan fingerprint density at radius 2 is 1.76 bits per heavy atom. The Morgan fingerprint density at radius 3 is 2.39 bits per heavy atom. The van der Waals surface area contributed by atoms with Gasteiger partial charge in [-0.25, -0.2) is 0 Å². The van der Waals surface area contributed by atoms with Gasteiger partial charge in [0, 0.05) is 24.9 Å². The van der Waals surface area contributed by atoms with Gasteiger partial charge in [-0.1, -0.05) is 35.9 Å². The maximum atomic E-state index is 11.6. The minimum Gasteiger partial charge on any atom is -0.492 e. The number of rotatable bonds is 9. The van der Waals surface area contributed by atoms with Crippen molar-refractivity contribution in [3.8, 4) is 5.75 Å². The van der Waals surface area contributed by atoms with Crippen molar-refractivity contribution in [3.05, 3.63) is 64.2 Å². The summed E-state index contributed by atoms with van der Waals surface area (Å²) in [5.41, 5.74) is 2.37. The molecule has 0 radical (unpaired) electrons. The Bertz CT molecular complexity index is 966. The number of hydrogen-bond donors (Lipinski definition) is 5. The van der Waals surface area contributed by atoms with Crippen molar-refractivity contribution in [2.75, 3.05) is 33.1 Å². The van der Waals surface area contributed by atoms with Gasteiger partial charge in [0.2, 0.25) is 0 Å². The summed E-state index contributed by atoms with van der Waals surface area (Å²) in [5, 5.41) is 43.4. The largest absolute Gasteiger partial charge is 0.492 e. The van der Waals surface area contributed by atoms with E-state index in [2.05, 4.69) is 5.09 Å². The van der Waals surface area contributed by atoms with Crippen LogP contribution >= 0.6 is 18.9 Å². The quantitative estimate of drug-likeness (QED) is 0.261. The van der Waals surface area contributed by atoms with Crippen LogP contribution in [0.5, 0.6) is 5.75 Å². The molecule has 8 nitrogen and oxygen atoms in total. The Balaban J connectivity index is 1.67. The van der Waals surface area contributed by atoms with Gasteiger partial charge in [-0.15, -0.1) is 0 Å². The Hall–Kier alpha value is -1.48. The summed E-state index contributed by atoms with van der Waals surface area (Å²) in [7, 11) is -2.27. The first-order chi connectivity index (χ1) is 15.6. The zero-order valence-corrected chi connectivity index (χ0v) is 20.2. The molecule has 10 heteroatoms. The van der Waals surface area contributed by atoms with Gasteiger partial charge in [-0.3, -0.25) is 5.09 Å². The molecule has 5 atom stereocenters. The minimum absolute atomic E-state index is 0.401. The van der Waals surface area contributed by atoms with Gasteiger partial charge in [-0.2, -0.15) is 0 Å². The van der Waals surface area contributed by atoms with Gasteiger partial charge >= 0.3 is 0 Å². The number of ether oxygens (including phenoxy) is 2. The molecule has 0 amide bonds. The molecule has 0 aliphatic carbocycles. The average Bonchev–Trinajstić information content (AvgIpc) is 2.77. The SMILES string of the molecule is CP(C)(=O)NCCOc1ccc(Cc2cc(C3OC(CO)C(O)C(O)C3O)ccc2Cl)cc1. The molecular weight excluding hydrogens is 469 g/mol. The summed E-state index contributed by atoms with van der Waals surface area (Å²) in [4.78, 5) is 0. The van der Waals surface area contributed by atoms with Crippen molar-refractivity contribution in [1.29, 1.82) is 0 Å². The van der Waals surface area contributed by atoms with Crippen molar-refractivity contribution in [2.24, 2.45) is 0 Å². The van der Waals surface area contributed by atoms with Gasteiger partial charge in [0.15, 0.2) is 0 Å². The topological polar surface area (TPSA) is 128 Å². The summed E-state index contributed by atoms with van der Waals surface area (Å²) in [6, 6.07) is 12.7. The summed E-state index contributed by atoms with van der Waals surface area (Å²) >= 11 is 6.39. The summed E-state index contributed by atoms with van der Waals surface area (Å²) < 4.78 is 23.0. The molecule has 1 heterocycles. The van der Waals surface area contributed by atoms with Crippen LogP contribution in [0.4, 0.5) is 0 Å². The van der Waals surface area contributed by atoms with Crippen LogP contribution in [0.25, 0.3) is 0 Å². The molecule has 33 heavy (non-hydrogen) atoms. The van der Waals surface area contributed by atoms with Crippen LogP contribution in [0, 0.1) is 0 Å². The lowest BCUT2D eigenvalue weighted by Crippen LogP contribution is -2.55. The number of halogens is 1. The van der Waals surface area contributed by atoms with Gasteiger partial charge in [0.05, 0.1) is 6.61 Å². The first-order valence-electron chi connectivity index (χ1n) is 10.7. The first-order valence-corrected chi connectivity index (χ1v) is 13.7. The van der Waals surface area contributed by atoms with Crippen molar-refractivity contribution < 1.29 is 34.5 Å².